The molecule has 0 aliphatic rings. The van der Waals surface area contributed by atoms with Crippen molar-refractivity contribution in [3.8, 4) is 5.75 Å². The van der Waals surface area contributed by atoms with E-state index in [2.05, 4.69) is 5.32 Å². The van der Waals surface area contributed by atoms with E-state index in [0.29, 0.717) is 6.07 Å². The van der Waals surface area contributed by atoms with E-state index in [0.717, 1.165) is 24.3 Å². The van der Waals surface area contributed by atoms with Crippen LogP contribution < -0.4 is 10.1 Å². The van der Waals surface area contributed by atoms with Crippen molar-refractivity contribution in [3.05, 3.63) is 59.4 Å². The van der Waals surface area contributed by atoms with Crippen molar-refractivity contribution in [2.24, 2.45) is 0 Å². The standard InChI is InChI=1S/C19H17F4NO5/c1-27-7-8-28-16-6-5-13(19(21,22)23)10-15(16)24-17(25)11-29-18(26)12-3-2-4-14(20)9-12/h2-6,9-10H,7-8,11H2,1H3,(H,24,25). The van der Waals surface area contributed by atoms with Gasteiger partial charge in [-0.05, 0) is 36.4 Å². The van der Waals surface area contributed by atoms with Crippen molar-refractivity contribution in [3.63, 3.8) is 0 Å². The topological polar surface area (TPSA) is 73.9 Å². The van der Waals surface area contributed by atoms with Crippen LogP contribution in [-0.4, -0.2) is 38.8 Å². The van der Waals surface area contributed by atoms with Gasteiger partial charge >= 0.3 is 12.1 Å². The Hall–Kier alpha value is -3.14. The number of esters is 1. The second kappa shape index (κ2) is 9.87. The minimum Gasteiger partial charge on any atom is -0.489 e. The summed E-state index contributed by atoms with van der Waals surface area (Å²) in [4.78, 5) is 23.9. The summed E-state index contributed by atoms with van der Waals surface area (Å²) in [6.07, 6.45) is -4.63. The van der Waals surface area contributed by atoms with Gasteiger partial charge in [-0.3, -0.25) is 4.79 Å². The zero-order valence-corrected chi connectivity index (χ0v) is 15.2. The molecule has 1 N–H and O–H groups in total. The highest BCUT2D eigenvalue weighted by molar-refractivity contribution is 5.96. The maximum atomic E-state index is 13.1. The molecule has 0 saturated carbocycles. The van der Waals surface area contributed by atoms with Gasteiger partial charge < -0.3 is 19.5 Å². The molecule has 10 heteroatoms. The molecule has 0 bridgehead atoms. The van der Waals surface area contributed by atoms with Crippen molar-refractivity contribution in [1.82, 2.24) is 0 Å². The normalized spacial score (nSPS) is 11.1. The molecule has 0 fully saturated rings. The smallest absolute Gasteiger partial charge is 0.416 e. The molecule has 1 amide bonds. The van der Waals surface area contributed by atoms with Crippen LogP contribution in [0, 0.1) is 5.82 Å². The summed E-state index contributed by atoms with van der Waals surface area (Å²) in [5.41, 5.74) is -1.35. The number of hydrogen-bond acceptors (Lipinski definition) is 5. The number of methoxy groups -OCH3 is 1. The largest absolute Gasteiger partial charge is 0.489 e. The number of carbonyl (C=O) groups excluding carboxylic acids is 2. The average molecular weight is 415 g/mol. The second-order valence-corrected chi connectivity index (χ2v) is 5.68. The molecule has 0 unspecified atom stereocenters. The number of hydrogen-bond donors (Lipinski definition) is 1. The van der Waals surface area contributed by atoms with Crippen LogP contribution in [0.1, 0.15) is 15.9 Å². The molecule has 0 aliphatic heterocycles. The first kappa shape index (κ1) is 22.2. The zero-order valence-electron chi connectivity index (χ0n) is 15.2. The van der Waals surface area contributed by atoms with E-state index in [-0.39, 0.29) is 30.2 Å². The molecular formula is C19H17F4NO5. The quantitative estimate of drug-likeness (QED) is 0.405. The van der Waals surface area contributed by atoms with Gasteiger partial charge in [-0.15, -0.1) is 0 Å². The number of amides is 1. The number of benzene rings is 2. The highest BCUT2D eigenvalue weighted by Gasteiger charge is 2.31. The lowest BCUT2D eigenvalue weighted by molar-refractivity contribution is -0.137. The van der Waals surface area contributed by atoms with Crippen LogP contribution >= 0.6 is 0 Å². The summed E-state index contributed by atoms with van der Waals surface area (Å²) < 4.78 is 66.8. The van der Waals surface area contributed by atoms with Crippen LogP contribution in [0.3, 0.4) is 0 Å². The average Bonchev–Trinajstić information content (AvgIpc) is 2.66. The molecule has 156 valence electrons. The molecule has 0 saturated heterocycles. The van der Waals surface area contributed by atoms with E-state index in [1.54, 1.807) is 0 Å². The Bertz CT molecular complexity index is 870. The van der Waals surface area contributed by atoms with E-state index in [1.165, 1.54) is 19.2 Å². The van der Waals surface area contributed by atoms with Gasteiger partial charge in [0.25, 0.3) is 5.91 Å². The second-order valence-electron chi connectivity index (χ2n) is 5.68. The Morgan fingerprint density at radius 3 is 2.48 bits per heavy atom. The number of halogens is 4. The SMILES string of the molecule is COCCOc1ccc(C(F)(F)F)cc1NC(=O)COC(=O)c1cccc(F)c1. The first-order valence-corrected chi connectivity index (χ1v) is 8.26. The summed E-state index contributed by atoms with van der Waals surface area (Å²) in [6, 6.07) is 7.20. The van der Waals surface area contributed by atoms with Gasteiger partial charge in [-0.2, -0.15) is 13.2 Å². The molecule has 29 heavy (non-hydrogen) atoms. The van der Waals surface area contributed by atoms with Crippen molar-refractivity contribution >= 4 is 17.6 Å². The number of nitrogens with one attached hydrogen (secondary N) is 1. The highest BCUT2D eigenvalue weighted by Crippen LogP contribution is 2.35. The first-order valence-electron chi connectivity index (χ1n) is 8.26. The lowest BCUT2D eigenvalue weighted by atomic mass is 10.1. The molecular weight excluding hydrogens is 398 g/mol. The summed E-state index contributed by atoms with van der Waals surface area (Å²) >= 11 is 0. The van der Waals surface area contributed by atoms with Crippen LogP contribution in [0.25, 0.3) is 0 Å². The number of anilines is 1. The molecule has 2 rings (SSSR count). The van der Waals surface area contributed by atoms with Gasteiger partial charge in [0, 0.05) is 7.11 Å². The Labute approximate surface area is 163 Å². The zero-order chi connectivity index (χ0) is 21.4. The van der Waals surface area contributed by atoms with E-state index < -0.39 is 36.0 Å². The van der Waals surface area contributed by atoms with Gasteiger partial charge in [0.2, 0.25) is 0 Å². The summed E-state index contributed by atoms with van der Waals surface area (Å²) in [7, 11) is 1.42. The van der Waals surface area contributed by atoms with Crippen molar-refractivity contribution in [2.75, 3.05) is 32.2 Å². The van der Waals surface area contributed by atoms with E-state index >= 15 is 0 Å². The van der Waals surface area contributed by atoms with Crippen molar-refractivity contribution < 1.29 is 41.4 Å². The lowest BCUT2D eigenvalue weighted by Gasteiger charge is -2.15. The highest BCUT2D eigenvalue weighted by atomic mass is 19.4. The molecule has 0 spiro atoms. The number of carbonyl (C=O) groups is 2. The monoisotopic (exact) mass is 415 g/mol. The van der Waals surface area contributed by atoms with E-state index in [4.69, 9.17) is 14.2 Å². The van der Waals surface area contributed by atoms with E-state index in [9.17, 15) is 27.2 Å². The Kier molecular flexibility index (Phi) is 7.54. The minimum atomic E-state index is -4.63. The third-order valence-electron chi connectivity index (χ3n) is 3.52. The number of ether oxygens (including phenoxy) is 3. The number of alkyl halides is 3. The van der Waals surface area contributed by atoms with Gasteiger partial charge in [0.15, 0.2) is 6.61 Å². The van der Waals surface area contributed by atoms with Crippen molar-refractivity contribution in [1.29, 1.82) is 0 Å². The van der Waals surface area contributed by atoms with Crippen LogP contribution in [0.5, 0.6) is 5.75 Å². The molecule has 2 aromatic carbocycles. The maximum absolute atomic E-state index is 13.1. The van der Waals surface area contributed by atoms with Crippen LogP contribution in [-0.2, 0) is 20.4 Å². The molecule has 0 aliphatic carbocycles. The van der Waals surface area contributed by atoms with Crippen molar-refractivity contribution in [2.45, 2.75) is 6.18 Å². The number of rotatable bonds is 8. The minimum absolute atomic E-state index is 0.0140. The fourth-order valence-electron chi connectivity index (χ4n) is 2.18. The third kappa shape index (κ3) is 6.75. The maximum Gasteiger partial charge on any atom is 0.416 e. The Morgan fingerprint density at radius 2 is 1.83 bits per heavy atom. The van der Waals surface area contributed by atoms with E-state index in [1.807, 2.05) is 0 Å². The predicted molar refractivity (Wildman–Crippen MR) is 94.1 cm³/mol. The Balaban J connectivity index is 2.07. The fraction of sp³-hybridized carbons (Fsp3) is 0.263. The summed E-state index contributed by atoms with van der Waals surface area (Å²) in [6.45, 7) is -0.567. The van der Waals surface area contributed by atoms with Crippen LogP contribution in [0.15, 0.2) is 42.5 Å². The van der Waals surface area contributed by atoms with Gasteiger partial charge in [0.1, 0.15) is 18.2 Å². The lowest BCUT2D eigenvalue weighted by Crippen LogP contribution is -2.22. The first-order chi connectivity index (χ1) is 13.7. The molecule has 0 atom stereocenters. The predicted octanol–water partition coefficient (Wildman–Crippen LogP) is 3.67. The molecule has 0 heterocycles. The van der Waals surface area contributed by atoms with Gasteiger partial charge in [0.05, 0.1) is 23.4 Å². The fourth-order valence-corrected chi connectivity index (χ4v) is 2.18. The van der Waals surface area contributed by atoms with Crippen LogP contribution in [0.4, 0.5) is 23.2 Å². The molecule has 0 aromatic heterocycles. The molecule has 6 nitrogen and oxygen atoms in total. The van der Waals surface area contributed by atoms with Gasteiger partial charge in [-0.25, -0.2) is 9.18 Å². The molecule has 2 aromatic rings. The Morgan fingerprint density at radius 1 is 1.07 bits per heavy atom. The van der Waals surface area contributed by atoms with Crippen LogP contribution in [0.2, 0.25) is 0 Å². The molecule has 0 radical (unpaired) electrons. The summed E-state index contributed by atoms with van der Waals surface area (Å²) in [5, 5.41) is 2.21. The third-order valence-corrected chi connectivity index (χ3v) is 3.52. The summed E-state index contributed by atoms with van der Waals surface area (Å²) in [5.74, 6) is -2.53. The van der Waals surface area contributed by atoms with Gasteiger partial charge in [-0.1, -0.05) is 6.07 Å².